The van der Waals surface area contributed by atoms with Crippen molar-refractivity contribution < 1.29 is 23.6 Å². The van der Waals surface area contributed by atoms with E-state index in [0.29, 0.717) is 11.4 Å². The number of carboxylic acid groups (broad SMARTS) is 1. The number of likely N-dealkylation sites (N-methyl/N-ethyl adjacent to an activating group) is 1. The van der Waals surface area contributed by atoms with Gasteiger partial charge in [-0.15, -0.1) is 0 Å². The lowest BCUT2D eigenvalue weighted by Gasteiger charge is -2.24. The number of hydrogen-bond acceptors (Lipinski definition) is 5. The summed E-state index contributed by atoms with van der Waals surface area (Å²) in [5, 5.41) is 13.1. The summed E-state index contributed by atoms with van der Waals surface area (Å²) < 4.78 is 23.7. The number of carbonyl (C=O) groups is 1. The van der Waals surface area contributed by atoms with Crippen molar-refractivity contribution in [3.05, 3.63) is 47.6 Å². The van der Waals surface area contributed by atoms with Crippen LogP contribution in [0.2, 0.25) is 0 Å². The Morgan fingerprint density at radius 2 is 2.29 bits per heavy atom. The van der Waals surface area contributed by atoms with E-state index in [0.717, 1.165) is 0 Å². The van der Waals surface area contributed by atoms with Gasteiger partial charge >= 0.3 is 5.97 Å². The summed E-state index contributed by atoms with van der Waals surface area (Å²) in [5.74, 6) is -1.36. The Morgan fingerprint density at radius 1 is 1.52 bits per heavy atom. The standard InChI is InChI=1S/C14H15FN2O4/c1-17(8-9-5-6-21-16-9)13(14(18)19)11-7-10(20-2)3-4-12(11)15/h3-7,13H,8H2,1-2H3,(H,18,19)/t13-/m1/s1. The van der Waals surface area contributed by atoms with E-state index in [1.807, 2.05) is 0 Å². The van der Waals surface area contributed by atoms with Gasteiger partial charge in [-0.1, -0.05) is 5.16 Å². The smallest absolute Gasteiger partial charge is 0.325 e. The summed E-state index contributed by atoms with van der Waals surface area (Å²) in [4.78, 5) is 13.0. The number of aromatic nitrogens is 1. The second-order valence-corrected chi connectivity index (χ2v) is 4.53. The predicted octanol–water partition coefficient (Wildman–Crippen LogP) is 2.08. The van der Waals surface area contributed by atoms with E-state index in [4.69, 9.17) is 9.26 Å². The van der Waals surface area contributed by atoms with Crippen molar-refractivity contribution in [1.82, 2.24) is 10.1 Å². The summed E-state index contributed by atoms with van der Waals surface area (Å²) in [6.07, 6.45) is 1.39. The zero-order valence-electron chi connectivity index (χ0n) is 11.6. The molecule has 0 aliphatic heterocycles. The van der Waals surface area contributed by atoms with Crippen molar-refractivity contribution in [2.24, 2.45) is 0 Å². The highest BCUT2D eigenvalue weighted by molar-refractivity contribution is 5.75. The number of halogens is 1. The van der Waals surface area contributed by atoms with Crippen LogP contribution in [0.5, 0.6) is 5.75 Å². The number of aliphatic carboxylic acids is 1. The van der Waals surface area contributed by atoms with Crippen molar-refractivity contribution in [3.8, 4) is 5.75 Å². The molecule has 0 bridgehead atoms. The number of ether oxygens (including phenoxy) is 1. The fourth-order valence-corrected chi connectivity index (χ4v) is 2.08. The molecule has 6 nitrogen and oxygen atoms in total. The fourth-order valence-electron chi connectivity index (χ4n) is 2.08. The lowest BCUT2D eigenvalue weighted by molar-refractivity contribution is -0.143. The number of nitrogens with zero attached hydrogens (tertiary/aromatic N) is 2. The minimum Gasteiger partial charge on any atom is -0.497 e. The maximum Gasteiger partial charge on any atom is 0.325 e. The van der Waals surface area contributed by atoms with Crippen LogP contribution in [-0.2, 0) is 11.3 Å². The number of rotatable bonds is 6. The van der Waals surface area contributed by atoms with Crippen molar-refractivity contribution in [1.29, 1.82) is 0 Å². The van der Waals surface area contributed by atoms with Crippen molar-refractivity contribution >= 4 is 5.97 Å². The molecule has 1 atom stereocenters. The summed E-state index contributed by atoms with van der Waals surface area (Å²) in [6.45, 7) is 0.212. The van der Waals surface area contributed by atoms with Gasteiger partial charge in [0, 0.05) is 18.2 Å². The van der Waals surface area contributed by atoms with Gasteiger partial charge in [-0.3, -0.25) is 9.69 Å². The monoisotopic (exact) mass is 294 g/mol. The molecule has 0 spiro atoms. The molecule has 21 heavy (non-hydrogen) atoms. The molecule has 0 aliphatic carbocycles. The second-order valence-electron chi connectivity index (χ2n) is 4.53. The fraction of sp³-hybridized carbons (Fsp3) is 0.286. The van der Waals surface area contributed by atoms with E-state index in [9.17, 15) is 14.3 Å². The van der Waals surface area contributed by atoms with Crippen LogP contribution in [0.25, 0.3) is 0 Å². The van der Waals surface area contributed by atoms with Crippen molar-refractivity contribution in [2.45, 2.75) is 12.6 Å². The Kier molecular flexibility index (Phi) is 4.54. The van der Waals surface area contributed by atoms with Crippen LogP contribution in [-0.4, -0.2) is 35.3 Å². The maximum atomic E-state index is 14.0. The molecule has 0 radical (unpaired) electrons. The van der Waals surface area contributed by atoms with E-state index in [1.54, 1.807) is 13.1 Å². The molecule has 0 aliphatic rings. The number of hydrogen-bond donors (Lipinski definition) is 1. The molecule has 0 unspecified atom stereocenters. The summed E-state index contributed by atoms with van der Waals surface area (Å²) in [6, 6.07) is 4.48. The molecule has 1 aromatic heterocycles. The minimum atomic E-state index is -1.16. The molecule has 1 aromatic carbocycles. The van der Waals surface area contributed by atoms with Crippen LogP contribution in [0.3, 0.4) is 0 Å². The zero-order chi connectivity index (χ0) is 15.4. The average Bonchev–Trinajstić information content (AvgIpc) is 2.93. The van der Waals surface area contributed by atoms with Crippen LogP contribution < -0.4 is 4.74 Å². The van der Waals surface area contributed by atoms with Crippen LogP contribution in [0.1, 0.15) is 17.3 Å². The van der Waals surface area contributed by atoms with E-state index < -0.39 is 17.8 Å². The first-order valence-corrected chi connectivity index (χ1v) is 6.18. The third-order valence-electron chi connectivity index (χ3n) is 3.08. The molecule has 0 saturated heterocycles. The minimum absolute atomic E-state index is 0.0350. The van der Waals surface area contributed by atoms with Gasteiger partial charge in [0.1, 0.15) is 23.9 Å². The maximum absolute atomic E-state index is 14.0. The first kappa shape index (κ1) is 15.0. The van der Waals surface area contributed by atoms with Gasteiger partial charge in [-0.05, 0) is 25.2 Å². The highest BCUT2D eigenvalue weighted by Gasteiger charge is 2.28. The molecule has 0 saturated carbocycles. The summed E-state index contributed by atoms with van der Waals surface area (Å²) >= 11 is 0. The SMILES string of the molecule is COc1ccc(F)c([C@H](C(=O)O)N(C)Cc2ccon2)c1. The second kappa shape index (κ2) is 6.36. The topological polar surface area (TPSA) is 75.8 Å². The van der Waals surface area contributed by atoms with Gasteiger partial charge in [0.2, 0.25) is 0 Å². The van der Waals surface area contributed by atoms with Gasteiger partial charge in [0.25, 0.3) is 0 Å². The van der Waals surface area contributed by atoms with Gasteiger partial charge < -0.3 is 14.4 Å². The molecule has 1 N–H and O–H groups in total. The van der Waals surface area contributed by atoms with Gasteiger partial charge in [0.05, 0.1) is 12.8 Å². The first-order chi connectivity index (χ1) is 10.0. The van der Waals surface area contributed by atoms with Crippen molar-refractivity contribution in [2.75, 3.05) is 14.2 Å². The van der Waals surface area contributed by atoms with Crippen LogP contribution in [0.15, 0.2) is 35.1 Å². The van der Waals surface area contributed by atoms with Crippen LogP contribution in [0, 0.1) is 5.82 Å². The normalized spacial score (nSPS) is 12.4. The Morgan fingerprint density at radius 3 is 2.86 bits per heavy atom. The lowest BCUT2D eigenvalue weighted by atomic mass is 10.0. The number of benzene rings is 1. The highest BCUT2D eigenvalue weighted by Crippen LogP contribution is 2.27. The summed E-state index contributed by atoms with van der Waals surface area (Å²) in [5.41, 5.74) is 0.597. The third-order valence-corrected chi connectivity index (χ3v) is 3.08. The van der Waals surface area contributed by atoms with Crippen molar-refractivity contribution in [3.63, 3.8) is 0 Å². The molecular weight excluding hydrogens is 279 g/mol. The largest absolute Gasteiger partial charge is 0.497 e. The van der Waals surface area contributed by atoms with Gasteiger partial charge in [-0.2, -0.15) is 0 Å². The Hall–Kier alpha value is -2.41. The third kappa shape index (κ3) is 3.38. The van der Waals surface area contributed by atoms with Crippen LogP contribution >= 0.6 is 0 Å². The first-order valence-electron chi connectivity index (χ1n) is 6.18. The molecule has 112 valence electrons. The van der Waals surface area contributed by atoms with Gasteiger partial charge in [-0.25, -0.2) is 4.39 Å². The van der Waals surface area contributed by atoms with Crippen LogP contribution in [0.4, 0.5) is 4.39 Å². The zero-order valence-corrected chi connectivity index (χ0v) is 11.6. The molecular formula is C14H15FN2O4. The molecule has 2 rings (SSSR count). The summed E-state index contributed by atoms with van der Waals surface area (Å²) in [7, 11) is 3.01. The average molecular weight is 294 g/mol. The van der Waals surface area contributed by atoms with E-state index in [1.165, 1.54) is 36.5 Å². The molecule has 0 amide bonds. The van der Waals surface area contributed by atoms with Gasteiger partial charge in [0.15, 0.2) is 0 Å². The molecule has 0 fully saturated rings. The Labute approximate surface area is 120 Å². The Balaban J connectivity index is 2.32. The lowest BCUT2D eigenvalue weighted by Crippen LogP contribution is -2.31. The van der Waals surface area contributed by atoms with E-state index in [2.05, 4.69) is 5.16 Å². The molecule has 7 heteroatoms. The number of carboxylic acids is 1. The molecule has 2 aromatic rings. The predicted molar refractivity (Wildman–Crippen MR) is 71.3 cm³/mol. The number of methoxy groups -OCH3 is 1. The quantitative estimate of drug-likeness (QED) is 0.879. The molecule has 1 heterocycles. The highest BCUT2D eigenvalue weighted by atomic mass is 19.1. The Bertz CT molecular complexity index is 615. The van der Waals surface area contributed by atoms with E-state index >= 15 is 0 Å². The van der Waals surface area contributed by atoms with E-state index in [-0.39, 0.29) is 12.1 Å².